The maximum absolute atomic E-state index is 13.5. The number of nitrogens with one attached hydrogen (secondary N) is 2. The predicted octanol–water partition coefficient (Wildman–Crippen LogP) is 3.31. The van der Waals surface area contributed by atoms with Gasteiger partial charge in [0.05, 0.1) is 35.0 Å². The van der Waals surface area contributed by atoms with E-state index in [-0.39, 0.29) is 34.3 Å². The second-order valence-electron chi connectivity index (χ2n) is 7.85. The van der Waals surface area contributed by atoms with E-state index in [1.54, 1.807) is 48.5 Å². The standard InChI is InChI=1S/C25H24ClN3O6S/c1-34-15-14-27-24(30)19-6-2-3-7-20(19)28-25(31)23-16-29(21-8-4-5-9-22(21)35-23)36(32,33)18-12-10-17(26)11-13-18/h2-13,23H,14-16H2,1H3,(H,27,30)(H,28,31)/t23-/m1/s1. The zero-order valence-corrected chi connectivity index (χ0v) is 20.9. The molecule has 0 aromatic heterocycles. The van der Waals surface area contributed by atoms with Crippen molar-refractivity contribution in [1.82, 2.24) is 5.32 Å². The Hall–Kier alpha value is -3.60. The van der Waals surface area contributed by atoms with Gasteiger partial charge in [-0.25, -0.2) is 8.42 Å². The van der Waals surface area contributed by atoms with Crippen LogP contribution in [0.4, 0.5) is 11.4 Å². The van der Waals surface area contributed by atoms with Crippen molar-refractivity contribution in [3.05, 3.63) is 83.4 Å². The fourth-order valence-corrected chi connectivity index (χ4v) is 5.27. The number of rotatable bonds is 8. The number of amides is 2. The van der Waals surface area contributed by atoms with Crippen LogP contribution in [0.5, 0.6) is 5.75 Å². The summed E-state index contributed by atoms with van der Waals surface area (Å²) in [6.45, 7) is 0.376. The first kappa shape index (κ1) is 25.5. The minimum absolute atomic E-state index is 0.0286. The molecule has 0 aliphatic carbocycles. The Morgan fingerprint density at radius 1 is 1.06 bits per heavy atom. The number of sulfonamides is 1. The molecule has 188 valence electrons. The zero-order valence-electron chi connectivity index (χ0n) is 19.3. The van der Waals surface area contributed by atoms with Crippen LogP contribution in [-0.4, -0.2) is 53.1 Å². The number of para-hydroxylation sites is 3. The van der Waals surface area contributed by atoms with Crippen LogP contribution in [0.25, 0.3) is 0 Å². The van der Waals surface area contributed by atoms with Crippen LogP contribution in [0, 0.1) is 0 Å². The maximum Gasteiger partial charge on any atom is 0.267 e. The third-order valence-electron chi connectivity index (χ3n) is 5.45. The summed E-state index contributed by atoms with van der Waals surface area (Å²) in [5.41, 5.74) is 0.838. The molecule has 3 aromatic carbocycles. The van der Waals surface area contributed by atoms with Crippen molar-refractivity contribution in [1.29, 1.82) is 0 Å². The van der Waals surface area contributed by atoms with Gasteiger partial charge in [-0.3, -0.25) is 13.9 Å². The number of nitrogens with zero attached hydrogens (tertiary/aromatic N) is 1. The molecule has 2 amide bonds. The molecule has 11 heteroatoms. The number of fused-ring (bicyclic) bond motifs is 1. The molecule has 0 bridgehead atoms. The summed E-state index contributed by atoms with van der Waals surface area (Å²) in [5, 5.41) is 5.82. The highest BCUT2D eigenvalue weighted by Gasteiger charge is 2.37. The summed E-state index contributed by atoms with van der Waals surface area (Å²) in [7, 11) is -2.50. The average molecular weight is 530 g/mol. The fourth-order valence-electron chi connectivity index (χ4n) is 3.67. The van der Waals surface area contributed by atoms with E-state index in [1.165, 1.54) is 31.4 Å². The smallest absolute Gasteiger partial charge is 0.267 e. The summed E-state index contributed by atoms with van der Waals surface area (Å²) < 4.78 is 38.9. The lowest BCUT2D eigenvalue weighted by molar-refractivity contribution is -0.122. The minimum atomic E-state index is -4.03. The van der Waals surface area contributed by atoms with Crippen LogP contribution in [0.1, 0.15) is 10.4 Å². The number of anilines is 2. The second-order valence-corrected chi connectivity index (χ2v) is 10.1. The van der Waals surface area contributed by atoms with Crippen LogP contribution in [0.2, 0.25) is 5.02 Å². The van der Waals surface area contributed by atoms with Gasteiger partial charge in [0.1, 0.15) is 5.75 Å². The maximum atomic E-state index is 13.5. The lowest BCUT2D eigenvalue weighted by Gasteiger charge is -2.34. The minimum Gasteiger partial charge on any atom is -0.476 e. The van der Waals surface area contributed by atoms with Gasteiger partial charge in [0.15, 0.2) is 6.10 Å². The van der Waals surface area contributed by atoms with E-state index in [2.05, 4.69) is 10.6 Å². The third kappa shape index (κ3) is 5.46. The molecular weight excluding hydrogens is 506 g/mol. The van der Waals surface area contributed by atoms with Gasteiger partial charge in [0, 0.05) is 18.7 Å². The first-order valence-electron chi connectivity index (χ1n) is 11.0. The molecule has 1 atom stereocenters. The number of halogens is 1. The first-order chi connectivity index (χ1) is 17.3. The molecule has 0 unspecified atom stereocenters. The second kappa shape index (κ2) is 11.0. The molecule has 4 rings (SSSR count). The van der Waals surface area contributed by atoms with Crippen LogP contribution < -0.4 is 19.7 Å². The molecule has 0 radical (unpaired) electrons. The molecule has 0 fully saturated rings. The number of methoxy groups -OCH3 is 1. The van der Waals surface area contributed by atoms with E-state index in [0.717, 1.165) is 4.31 Å². The van der Waals surface area contributed by atoms with E-state index >= 15 is 0 Å². The lowest BCUT2D eigenvalue weighted by atomic mass is 10.1. The summed E-state index contributed by atoms with van der Waals surface area (Å²) in [6, 6.07) is 18.9. The van der Waals surface area contributed by atoms with Crippen molar-refractivity contribution in [2.75, 3.05) is 36.4 Å². The highest BCUT2D eigenvalue weighted by molar-refractivity contribution is 7.92. The van der Waals surface area contributed by atoms with Crippen molar-refractivity contribution in [3.63, 3.8) is 0 Å². The van der Waals surface area contributed by atoms with Gasteiger partial charge in [0.2, 0.25) is 0 Å². The number of carbonyl (C=O) groups is 2. The van der Waals surface area contributed by atoms with Crippen molar-refractivity contribution in [3.8, 4) is 5.75 Å². The summed E-state index contributed by atoms with van der Waals surface area (Å²) in [6.07, 6.45) is -1.17. The summed E-state index contributed by atoms with van der Waals surface area (Å²) in [4.78, 5) is 25.8. The first-order valence-corrected chi connectivity index (χ1v) is 12.8. The van der Waals surface area contributed by atoms with Crippen LogP contribution in [0.15, 0.2) is 77.7 Å². The Balaban J connectivity index is 1.60. The Morgan fingerprint density at radius 3 is 2.50 bits per heavy atom. The van der Waals surface area contributed by atoms with E-state index in [1.807, 2.05) is 0 Å². The fraction of sp³-hybridized carbons (Fsp3) is 0.200. The van der Waals surface area contributed by atoms with Crippen molar-refractivity contribution < 1.29 is 27.5 Å². The molecule has 0 saturated carbocycles. The highest BCUT2D eigenvalue weighted by atomic mass is 35.5. The van der Waals surface area contributed by atoms with Gasteiger partial charge < -0.3 is 20.1 Å². The normalized spacial score (nSPS) is 14.9. The monoisotopic (exact) mass is 529 g/mol. The molecule has 3 aromatic rings. The molecular formula is C25H24ClN3O6S. The number of ether oxygens (including phenoxy) is 2. The van der Waals surface area contributed by atoms with Crippen LogP contribution in [-0.2, 0) is 19.6 Å². The van der Waals surface area contributed by atoms with Gasteiger partial charge in [-0.15, -0.1) is 0 Å². The van der Waals surface area contributed by atoms with Gasteiger partial charge >= 0.3 is 0 Å². The summed E-state index contributed by atoms with van der Waals surface area (Å²) in [5.74, 6) is -0.741. The van der Waals surface area contributed by atoms with E-state index in [9.17, 15) is 18.0 Å². The molecule has 9 nitrogen and oxygen atoms in total. The molecule has 2 N–H and O–H groups in total. The van der Waals surface area contributed by atoms with Crippen molar-refractivity contribution >= 4 is 44.8 Å². The zero-order chi connectivity index (χ0) is 25.7. The quantitative estimate of drug-likeness (QED) is 0.433. The van der Waals surface area contributed by atoms with Gasteiger partial charge in [-0.1, -0.05) is 35.9 Å². The number of carbonyl (C=O) groups excluding carboxylic acids is 2. The Kier molecular flexibility index (Phi) is 7.78. The average Bonchev–Trinajstić information content (AvgIpc) is 2.88. The topological polar surface area (TPSA) is 114 Å². The molecule has 1 aliphatic heterocycles. The Labute approximate surface area is 214 Å². The SMILES string of the molecule is COCCNC(=O)c1ccccc1NC(=O)[C@H]1CN(S(=O)(=O)c2ccc(Cl)cc2)c2ccccc2O1. The molecule has 1 heterocycles. The van der Waals surface area contributed by atoms with Crippen molar-refractivity contribution in [2.45, 2.75) is 11.0 Å². The highest BCUT2D eigenvalue weighted by Crippen LogP contribution is 2.37. The largest absolute Gasteiger partial charge is 0.476 e. The molecule has 1 aliphatic rings. The number of hydrogen-bond acceptors (Lipinski definition) is 6. The van der Waals surface area contributed by atoms with Crippen LogP contribution >= 0.6 is 11.6 Å². The number of hydrogen-bond donors (Lipinski definition) is 2. The molecule has 36 heavy (non-hydrogen) atoms. The Bertz CT molecular complexity index is 1360. The lowest BCUT2D eigenvalue weighted by Crippen LogP contribution is -2.49. The van der Waals surface area contributed by atoms with Gasteiger partial charge in [-0.05, 0) is 48.5 Å². The van der Waals surface area contributed by atoms with E-state index in [0.29, 0.717) is 23.9 Å². The Morgan fingerprint density at radius 2 is 1.75 bits per heavy atom. The molecule has 0 spiro atoms. The molecule has 0 saturated heterocycles. The van der Waals surface area contributed by atoms with Crippen LogP contribution in [0.3, 0.4) is 0 Å². The van der Waals surface area contributed by atoms with Gasteiger partial charge in [0.25, 0.3) is 21.8 Å². The van der Waals surface area contributed by atoms with Crippen molar-refractivity contribution in [2.24, 2.45) is 0 Å². The number of benzene rings is 3. The predicted molar refractivity (Wildman–Crippen MR) is 136 cm³/mol. The van der Waals surface area contributed by atoms with Gasteiger partial charge in [-0.2, -0.15) is 0 Å². The third-order valence-corrected chi connectivity index (χ3v) is 7.50. The summed E-state index contributed by atoms with van der Waals surface area (Å²) >= 11 is 5.92. The van der Waals surface area contributed by atoms with E-state index < -0.39 is 22.0 Å². The van der Waals surface area contributed by atoms with E-state index in [4.69, 9.17) is 21.1 Å².